The molecule has 1 atom stereocenters. The van der Waals surface area contributed by atoms with Gasteiger partial charge in [-0.25, -0.2) is 0 Å². The average Bonchev–Trinajstić information content (AvgIpc) is 2.22. The summed E-state index contributed by atoms with van der Waals surface area (Å²) in [6.45, 7) is 6.53. The van der Waals surface area contributed by atoms with Crippen LogP contribution in [0.1, 0.15) is 34.1 Å². The van der Waals surface area contributed by atoms with E-state index in [1.807, 2.05) is 6.92 Å². The summed E-state index contributed by atoms with van der Waals surface area (Å²) in [5.74, 6) is -0.551. The highest BCUT2D eigenvalue weighted by Gasteiger charge is 2.35. The van der Waals surface area contributed by atoms with Gasteiger partial charge in [0.05, 0.1) is 12.1 Å². The van der Waals surface area contributed by atoms with E-state index in [1.54, 1.807) is 20.8 Å². The topological polar surface area (TPSA) is 58.4 Å². The number of amides is 1. The number of hydrogen-bond acceptors (Lipinski definition) is 3. The third kappa shape index (κ3) is 6.77. The number of nitrogens with two attached hydrogens (primary N) is 1. The molecule has 3 N–H and O–H groups in total. The van der Waals surface area contributed by atoms with Crippen molar-refractivity contribution in [3.63, 3.8) is 0 Å². The molecule has 0 aromatic carbocycles. The lowest BCUT2D eigenvalue weighted by Gasteiger charge is -2.33. The van der Waals surface area contributed by atoms with Crippen molar-refractivity contribution in [2.24, 2.45) is 5.73 Å². The lowest BCUT2D eigenvalue weighted by Crippen LogP contribution is -2.55. The molecule has 0 rings (SSSR count). The number of carbonyl (C=O) groups is 1. The van der Waals surface area contributed by atoms with Crippen LogP contribution < -0.4 is 11.1 Å². The molecule has 19 heavy (non-hydrogen) atoms. The normalized spacial score (nSPS) is 15.8. The Bertz CT molecular complexity index is 294. The molecule has 0 saturated heterocycles. The van der Waals surface area contributed by atoms with E-state index in [0.29, 0.717) is 6.54 Å². The van der Waals surface area contributed by atoms with E-state index in [0.717, 1.165) is 0 Å². The summed E-state index contributed by atoms with van der Waals surface area (Å²) in [5.41, 5.74) is 4.33. The summed E-state index contributed by atoms with van der Waals surface area (Å²) in [6.07, 6.45) is -4.00. The van der Waals surface area contributed by atoms with Crippen LogP contribution in [0.15, 0.2) is 0 Å². The van der Waals surface area contributed by atoms with Crippen molar-refractivity contribution < 1.29 is 18.0 Å². The molecular formula is C12H24F3N3O. The molecule has 0 saturated carbocycles. The number of primary amides is 1. The van der Waals surface area contributed by atoms with Gasteiger partial charge in [-0.1, -0.05) is 6.92 Å². The van der Waals surface area contributed by atoms with Gasteiger partial charge in [-0.05, 0) is 33.7 Å². The van der Waals surface area contributed by atoms with Gasteiger partial charge in [0, 0.05) is 12.6 Å². The van der Waals surface area contributed by atoms with Crippen molar-refractivity contribution in [3.05, 3.63) is 0 Å². The highest BCUT2D eigenvalue weighted by atomic mass is 19.4. The standard InChI is InChI=1S/C12H24F3N3O/c1-5-17-11(4,10(16)19)6-7-18(9(2)3)8-12(13,14)15/h9,17H,5-8H2,1-4H3,(H2,16,19). The van der Waals surface area contributed by atoms with Crippen LogP contribution in [0.2, 0.25) is 0 Å². The number of hydrogen-bond donors (Lipinski definition) is 2. The number of alkyl halides is 3. The number of nitrogens with one attached hydrogen (secondary N) is 1. The maximum absolute atomic E-state index is 12.4. The van der Waals surface area contributed by atoms with E-state index >= 15 is 0 Å². The molecule has 0 heterocycles. The minimum atomic E-state index is -4.24. The zero-order chi connectivity index (χ0) is 15.3. The van der Waals surface area contributed by atoms with Gasteiger partial charge in [-0.3, -0.25) is 9.69 Å². The molecule has 1 amide bonds. The molecule has 7 heteroatoms. The van der Waals surface area contributed by atoms with Crippen molar-refractivity contribution in [2.45, 2.75) is 51.9 Å². The van der Waals surface area contributed by atoms with Gasteiger partial charge in [0.25, 0.3) is 0 Å². The second-order valence-corrected chi connectivity index (χ2v) is 5.16. The lowest BCUT2D eigenvalue weighted by molar-refractivity contribution is -0.150. The first-order chi connectivity index (χ1) is 8.52. The van der Waals surface area contributed by atoms with Gasteiger partial charge in [0.1, 0.15) is 0 Å². The summed E-state index contributed by atoms with van der Waals surface area (Å²) in [5, 5.41) is 2.93. The van der Waals surface area contributed by atoms with Gasteiger partial charge in [0.15, 0.2) is 0 Å². The fraction of sp³-hybridized carbons (Fsp3) is 0.917. The van der Waals surface area contributed by atoms with E-state index in [4.69, 9.17) is 5.73 Å². The minimum absolute atomic E-state index is 0.156. The van der Waals surface area contributed by atoms with Gasteiger partial charge >= 0.3 is 6.18 Å². The lowest BCUT2D eigenvalue weighted by atomic mass is 9.96. The van der Waals surface area contributed by atoms with Crippen molar-refractivity contribution in [2.75, 3.05) is 19.6 Å². The Labute approximate surface area is 112 Å². The van der Waals surface area contributed by atoms with E-state index < -0.39 is 24.2 Å². The average molecular weight is 283 g/mol. The summed E-state index contributed by atoms with van der Waals surface area (Å²) < 4.78 is 37.3. The first-order valence-corrected chi connectivity index (χ1v) is 6.37. The SMILES string of the molecule is CCNC(C)(CCN(CC(F)(F)F)C(C)C)C(N)=O. The largest absolute Gasteiger partial charge is 0.401 e. The highest BCUT2D eigenvalue weighted by molar-refractivity contribution is 5.84. The molecule has 1 unspecified atom stereocenters. The molecule has 0 aliphatic rings. The van der Waals surface area contributed by atoms with E-state index in [9.17, 15) is 18.0 Å². The minimum Gasteiger partial charge on any atom is -0.368 e. The van der Waals surface area contributed by atoms with Gasteiger partial charge in [0.2, 0.25) is 5.91 Å². The molecule has 0 bridgehead atoms. The predicted molar refractivity (Wildman–Crippen MR) is 68.7 cm³/mol. The Hall–Kier alpha value is -0.820. The van der Waals surface area contributed by atoms with E-state index in [1.165, 1.54) is 4.90 Å². The van der Waals surface area contributed by atoms with Gasteiger partial charge in [-0.2, -0.15) is 13.2 Å². The van der Waals surface area contributed by atoms with Gasteiger partial charge < -0.3 is 11.1 Å². The summed E-state index contributed by atoms with van der Waals surface area (Å²) in [4.78, 5) is 12.7. The predicted octanol–water partition coefficient (Wildman–Crippen LogP) is 1.50. The maximum atomic E-state index is 12.4. The molecular weight excluding hydrogens is 259 g/mol. The molecule has 0 aliphatic heterocycles. The first kappa shape index (κ1) is 18.2. The van der Waals surface area contributed by atoms with Crippen molar-refractivity contribution in [1.82, 2.24) is 10.2 Å². The second-order valence-electron chi connectivity index (χ2n) is 5.16. The Morgan fingerprint density at radius 1 is 1.37 bits per heavy atom. The third-order valence-corrected chi connectivity index (χ3v) is 3.12. The van der Waals surface area contributed by atoms with Crippen molar-refractivity contribution in [3.8, 4) is 0 Å². The smallest absolute Gasteiger partial charge is 0.368 e. The molecule has 0 spiro atoms. The quantitative estimate of drug-likeness (QED) is 0.710. The van der Waals surface area contributed by atoms with Crippen LogP contribution >= 0.6 is 0 Å². The van der Waals surface area contributed by atoms with Crippen LogP contribution in [0.5, 0.6) is 0 Å². The monoisotopic (exact) mass is 283 g/mol. The Morgan fingerprint density at radius 2 is 1.89 bits per heavy atom. The molecule has 4 nitrogen and oxygen atoms in total. The fourth-order valence-corrected chi connectivity index (χ4v) is 1.81. The van der Waals surface area contributed by atoms with Crippen molar-refractivity contribution >= 4 is 5.91 Å². The number of nitrogens with zero attached hydrogens (tertiary/aromatic N) is 1. The van der Waals surface area contributed by atoms with Crippen LogP contribution in [0, 0.1) is 0 Å². The van der Waals surface area contributed by atoms with Crippen LogP contribution in [0.3, 0.4) is 0 Å². The zero-order valence-electron chi connectivity index (χ0n) is 12.0. The Kier molecular flexibility index (Phi) is 6.79. The summed E-state index contributed by atoms with van der Waals surface area (Å²) >= 11 is 0. The molecule has 114 valence electrons. The van der Waals surface area contributed by atoms with Crippen LogP contribution in [-0.2, 0) is 4.79 Å². The second kappa shape index (κ2) is 7.09. The maximum Gasteiger partial charge on any atom is 0.401 e. The zero-order valence-corrected chi connectivity index (χ0v) is 12.0. The molecule has 0 aliphatic carbocycles. The van der Waals surface area contributed by atoms with E-state index in [2.05, 4.69) is 5.32 Å². The first-order valence-electron chi connectivity index (χ1n) is 6.37. The number of likely N-dealkylation sites (N-methyl/N-ethyl adjacent to an activating group) is 1. The van der Waals surface area contributed by atoms with Crippen molar-refractivity contribution in [1.29, 1.82) is 0 Å². The van der Waals surface area contributed by atoms with Crippen LogP contribution in [0.4, 0.5) is 13.2 Å². The Morgan fingerprint density at radius 3 is 2.21 bits per heavy atom. The molecule has 0 fully saturated rings. The number of halogens is 3. The highest BCUT2D eigenvalue weighted by Crippen LogP contribution is 2.19. The van der Waals surface area contributed by atoms with Gasteiger partial charge in [-0.15, -0.1) is 0 Å². The number of rotatable bonds is 8. The summed E-state index contributed by atoms with van der Waals surface area (Å²) in [7, 11) is 0. The molecule has 0 radical (unpaired) electrons. The number of carbonyl (C=O) groups excluding carboxylic acids is 1. The van der Waals surface area contributed by atoms with Crippen LogP contribution in [0.25, 0.3) is 0 Å². The third-order valence-electron chi connectivity index (χ3n) is 3.12. The Balaban J connectivity index is 4.65. The molecule has 0 aromatic heterocycles. The fourth-order valence-electron chi connectivity index (χ4n) is 1.81. The van der Waals surface area contributed by atoms with E-state index in [-0.39, 0.29) is 19.0 Å². The summed E-state index contributed by atoms with van der Waals surface area (Å²) in [6, 6.07) is -0.250. The molecule has 0 aromatic rings. The van der Waals surface area contributed by atoms with Crippen LogP contribution in [-0.4, -0.2) is 48.2 Å².